The molecule has 6 heteroatoms. The van der Waals surface area contributed by atoms with Crippen LogP contribution < -0.4 is 5.32 Å². The van der Waals surface area contributed by atoms with E-state index in [-0.39, 0.29) is 12.2 Å². The van der Waals surface area contributed by atoms with Crippen LogP contribution in [-0.4, -0.2) is 35.1 Å². The van der Waals surface area contributed by atoms with Gasteiger partial charge < -0.3 is 15.3 Å². The number of urea groups is 1. The van der Waals surface area contributed by atoms with Crippen molar-refractivity contribution < 1.29 is 19.1 Å². The number of anilines is 1. The molecule has 1 atom stereocenters. The number of aliphatic carboxylic acids is 1. The number of halogens is 1. The van der Waals surface area contributed by atoms with Gasteiger partial charge in [0.2, 0.25) is 0 Å². The van der Waals surface area contributed by atoms with Gasteiger partial charge in [0.1, 0.15) is 5.82 Å². The lowest BCUT2D eigenvalue weighted by Crippen LogP contribution is -2.34. The van der Waals surface area contributed by atoms with Crippen LogP contribution in [0.5, 0.6) is 0 Å². The third kappa shape index (κ3) is 2.58. The molecule has 0 radical (unpaired) electrons. The van der Waals surface area contributed by atoms with Crippen molar-refractivity contribution >= 4 is 17.7 Å². The maximum Gasteiger partial charge on any atom is 0.321 e. The lowest BCUT2D eigenvalue weighted by atomic mass is 10.1. The zero-order valence-corrected chi connectivity index (χ0v) is 9.60. The van der Waals surface area contributed by atoms with Crippen molar-refractivity contribution in [2.75, 3.05) is 18.4 Å². The molecule has 1 unspecified atom stereocenters. The predicted molar refractivity (Wildman–Crippen MR) is 62.7 cm³/mol. The highest BCUT2D eigenvalue weighted by atomic mass is 19.1. The fourth-order valence-corrected chi connectivity index (χ4v) is 1.90. The number of carbonyl (C=O) groups excluding carboxylic acids is 1. The number of carboxylic acid groups (broad SMARTS) is 1. The van der Waals surface area contributed by atoms with E-state index in [1.54, 1.807) is 6.07 Å². The lowest BCUT2D eigenvalue weighted by Gasteiger charge is -2.16. The Hall–Kier alpha value is -2.11. The number of para-hydroxylation sites is 1. The first-order valence-corrected chi connectivity index (χ1v) is 5.61. The molecule has 1 aromatic carbocycles. The molecule has 0 spiro atoms. The molecule has 1 saturated heterocycles. The van der Waals surface area contributed by atoms with Crippen LogP contribution in [0.25, 0.3) is 0 Å². The summed E-state index contributed by atoms with van der Waals surface area (Å²) in [5.74, 6) is -1.95. The molecule has 5 nitrogen and oxygen atoms in total. The van der Waals surface area contributed by atoms with Gasteiger partial charge in [0, 0.05) is 13.1 Å². The van der Waals surface area contributed by atoms with Gasteiger partial charge in [-0.15, -0.1) is 0 Å². The van der Waals surface area contributed by atoms with Gasteiger partial charge >= 0.3 is 12.0 Å². The van der Waals surface area contributed by atoms with E-state index in [1.165, 1.54) is 23.1 Å². The van der Waals surface area contributed by atoms with Crippen LogP contribution in [-0.2, 0) is 4.79 Å². The Morgan fingerprint density at radius 3 is 2.72 bits per heavy atom. The van der Waals surface area contributed by atoms with E-state index < -0.39 is 23.7 Å². The maximum atomic E-state index is 13.3. The molecule has 2 amide bonds. The second-order valence-electron chi connectivity index (χ2n) is 4.18. The van der Waals surface area contributed by atoms with E-state index in [9.17, 15) is 14.0 Å². The van der Waals surface area contributed by atoms with Crippen molar-refractivity contribution in [3.8, 4) is 0 Å². The SMILES string of the molecule is O=C(O)C1CCN(C(=O)Nc2ccccc2F)C1. The molecule has 18 heavy (non-hydrogen) atoms. The number of carbonyl (C=O) groups is 2. The maximum absolute atomic E-state index is 13.3. The summed E-state index contributed by atoms with van der Waals surface area (Å²) in [6, 6.07) is 5.38. The molecule has 2 rings (SSSR count). The minimum absolute atomic E-state index is 0.0984. The average molecular weight is 252 g/mol. The minimum atomic E-state index is -0.906. The summed E-state index contributed by atoms with van der Waals surface area (Å²) in [6.07, 6.45) is 0.431. The van der Waals surface area contributed by atoms with Crippen LogP contribution in [0.4, 0.5) is 14.9 Å². The fraction of sp³-hybridized carbons (Fsp3) is 0.333. The molecule has 1 aliphatic rings. The summed E-state index contributed by atoms with van der Waals surface area (Å²) in [4.78, 5) is 23.9. The van der Waals surface area contributed by atoms with Crippen LogP contribution in [0, 0.1) is 11.7 Å². The Balaban J connectivity index is 1.98. The predicted octanol–water partition coefficient (Wildman–Crippen LogP) is 1.76. The summed E-state index contributed by atoms with van der Waals surface area (Å²) >= 11 is 0. The Labute approximate surface area is 103 Å². The zero-order chi connectivity index (χ0) is 13.1. The van der Waals surface area contributed by atoms with E-state index in [0.717, 1.165) is 0 Å². The van der Waals surface area contributed by atoms with Crippen LogP contribution in [0.3, 0.4) is 0 Å². The van der Waals surface area contributed by atoms with Crippen molar-refractivity contribution in [3.05, 3.63) is 30.1 Å². The standard InChI is InChI=1S/C12H13FN2O3/c13-9-3-1-2-4-10(9)14-12(18)15-6-5-8(7-15)11(16)17/h1-4,8H,5-7H2,(H,14,18)(H,16,17). The second-order valence-corrected chi connectivity index (χ2v) is 4.18. The first-order valence-electron chi connectivity index (χ1n) is 5.61. The van der Waals surface area contributed by atoms with E-state index in [1.807, 2.05) is 0 Å². The number of nitrogens with zero attached hydrogens (tertiary/aromatic N) is 1. The number of amides is 2. The molecule has 0 saturated carbocycles. The third-order valence-electron chi connectivity index (χ3n) is 2.94. The van der Waals surface area contributed by atoms with Crippen molar-refractivity contribution in [2.24, 2.45) is 5.92 Å². The first-order chi connectivity index (χ1) is 8.58. The van der Waals surface area contributed by atoms with Crippen LogP contribution in [0.15, 0.2) is 24.3 Å². The van der Waals surface area contributed by atoms with Gasteiger partial charge in [-0.2, -0.15) is 0 Å². The van der Waals surface area contributed by atoms with Gasteiger partial charge in [0.05, 0.1) is 11.6 Å². The monoisotopic (exact) mass is 252 g/mol. The highest BCUT2D eigenvalue weighted by Crippen LogP contribution is 2.19. The van der Waals surface area contributed by atoms with Gasteiger partial charge in [-0.25, -0.2) is 9.18 Å². The van der Waals surface area contributed by atoms with Crippen molar-refractivity contribution in [1.82, 2.24) is 4.90 Å². The number of hydrogen-bond donors (Lipinski definition) is 2. The topological polar surface area (TPSA) is 69.6 Å². The first kappa shape index (κ1) is 12.3. The molecule has 0 aromatic heterocycles. The molecule has 1 aliphatic heterocycles. The molecular weight excluding hydrogens is 239 g/mol. The molecule has 0 bridgehead atoms. The van der Waals surface area contributed by atoms with Crippen LogP contribution in [0.2, 0.25) is 0 Å². The largest absolute Gasteiger partial charge is 0.481 e. The average Bonchev–Trinajstić information content (AvgIpc) is 2.81. The lowest BCUT2D eigenvalue weighted by molar-refractivity contribution is -0.141. The quantitative estimate of drug-likeness (QED) is 0.842. The highest BCUT2D eigenvalue weighted by Gasteiger charge is 2.30. The van der Waals surface area contributed by atoms with Gasteiger partial charge in [0.25, 0.3) is 0 Å². The van der Waals surface area contributed by atoms with Gasteiger partial charge in [-0.05, 0) is 18.6 Å². The minimum Gasteiger partial charge on any atom is -0.481 e. The number of nitrogens with one attached hydrogen (secondary N) is 1. The van der Waals surface area contributed by atoms with Gasteiger partial charge in [-0.1, -0.05) is 12.1 Å². The summed E-state index contributed by atoms with van der Waals surface area (Å²) in [7, 11) is 0. The zero-order valence-electron chi connectivity index (χ0n) is 9.60. The number of benzene rings is 1. The van der Waals surface area contributed by atoms with Crippen molar-refractivity contribution in [2.45, 2.75) is 6.42 Å². The molecular formula is C12H13FN2O3. The molecule has 1 aromatic rings. The number of carboxylic acids is 1. The van der Waals surface area contributed by atoms with Crippen molar-refractivity contribution in [1.29, 1.82) is 0 Å². The fourth-order valence-electron chi connectivity index (χ4n) is 1.90. The Morgan fingerprint density at radius 2 is 2.11 bits per heavy atom. The second kappa shape index (κ2) is 5.03. The molecule has 1 fully saturated rings. The molecule has 1 heterocycles. The molecule has 96 valence electrons. The summed E-state index contributed by atoms with van der Waals surface area (Å²) in [6.45, 7) is 0.535. The van der Waals surface area contributed by atoms with E-state index in [2.05, 4.69) is 5.32 Å². The van der Waals surface area contributed by atoms with Crippen LogP contribution >= 0.6 is 0 Å². The molecule has 0 aliphatic carbocycles. The van der Waals surface area contributed by atoms with Crippen molar-refractivity contribution in [3.63, 3.8) is 0 Å². The Bertz CT molecular complexity index is 478. The summed E-state index contributed by atoms with van der Waals surface area (Å²) in [5.41, 5.74) is 0.0984. The third-order valence-corrected chi connectivity index (χ3v) is 2.94. The van der Waals surface area contributed by atoms with Gasteiger partial charge in [0.15, 0.2) is 0 Å². The van der Waals surface area contributed by atoms with E-state index in [4.69, 9.17) is 5.11 Å². The van der Waals surface area contributed by atoms with Gasteiger partial charge in [-0.3, -0.25) is 4.79 Å². The smallest absolute Gasteiger partial charge is 0.321 e. The summed E-state index contributed by atoms with van der Waals surface area (Å²) in [5, 5.41) is 11.3. The Morgan fingerprint density at radius 1 is 1.39 bits per heavy atom. The number of hydrogen-bond acceptors (Lipinski definition) is 2. The summed E-state index contributed by atoms with van der Waals surface area (Å²) < 4.78 is 13.3. The normalized spacial score (nSPS) is 18.7. The highest BCUT2D eigenvalue weighted by molar-refractivity contribution is 5.90. The van der Waals surface area contributed by atoms with Crippen LogP contribution in [0.1, 0.15) is 6.42 Å². The number of likely N-dealkylation sites (tertiary alicyclic amines) is 1. The Kier molecular flexibility index (Phi) is 3.45. The molecule has 2 N–H and O–H groups in total. The number of rotatable bonds is 2. The van der Waals surface area contributed by atoms with E-state index in [0.29, 0.717) is 13.0 Å². The van der Waals surface area contributed by atoms with E-state index >= 15 is 0 Å².